The minimum absolute atomic E-state index is 0.00502. The summed E-state index contributed by atoms with van der Waals surface area (Å²) in [5.74, 6) is 5.34. The molecule has 1 N–H and O–H groups in total. The van der Waals surface area contributed by atoms with Gasteiger partial charge in [0, 0.05) is 0 Å². The molecule has 0 aliphatic heterocycles. The Hall–Kier alpha value is -2.73. The van der Waals surface area contributed by atoms with Crippen LogP contribution in [0.3, 0.4) is 0 Å². The summed E-state index contributed by atoms with van der Waals surface area (Å²) < 4.78 is 5.72. The van der Waals surface area contributed by atoms with Crippen molar-refractivity contribution in [2.75, 3.05) is 0 Å². The molecule has 22 heavy (non-hydrogen) atoms. The van der Waals surface area contributed by atoms with E-state index in [9.17, 15) is 4.79 Å². The van der Waals surface area contributed by atoms with Crippen LogP contribution in [0.25, 0.3) is 0 Å². The zero-order valence-corrected chi connectivity index (χ0v) is 12.5. The van der Waals surface area contributed by atoms with Gasteiger partial charge in [-0.3, -0.25) is 4.79 Å². The van der Waals surface area contributed by atoms with E-state index in [-0.39, 0.29) is 12.3 Å². The summed E-state index contributed by atoms with van der Waals surface area (Å²) in [7, 11) is 0. The van der Waals surface area contributed by atoms with Crippen molar-refractivity contribution in [3.8, 4) is 17.6 Å². The SMILES string of the molecule is CC#C[C@H](CC(=O)O)c1ccc(OCc2ccccc2)cc1. The van der Waals surface area contributed by atoms with Crippen LogP contribution >= 0.6 is 0 Å². The van der Waals surface area contributed by atoms with Gasteiger partial charge in [0.2, 0.25) is 0 Å². The normalized spacial score (nSPS) is 11.1. The van der Waals surface area contributed by atoms with Crippen molar-refractivity contribution >= 4 is 5.97 Å². The first kappa shape index (κ1) is 15.7. The van der Waals surface area contributed by atoms with Gasteiger partial charge in [-0.1, -0.05) is 48.4 Å². The second-order valence-corrected chi connectivity index (χ2v) is 4.89. The molecule has 0 aliphatic rings. The molecule has 3 nitrogen and oxygen atoms in total. The molecule has 112 valence electrons. The number of ether oxygens (including phenoxy) is 1. The molecule has 2 aromatic carbocycles. The Morgan fingerprint density at radius 1 is 1.14 bits per heavy atom. The van der Waals surface area contributed by atoms with Crippen LogP contribution in [0.5, 0.6) is 5.75 Å². The van der Waals surface area contributed by atoms with Gasteiger partial charge in [-0.05, 0) is 30.2 Å². The van der Waals surface area contributed by atoms with E-state index >= 15 is 0 Å². The molecule has 0 heterocycles. The molecule has 0 bridgehead atoms. The highest BCUT2D eigenvalue weighted by Gasteiger charge is 2.13. The third kappa shape index (κ3) is 4.68. The average Bonchev–Trinajstić information content (AvgIpc) is 2.54. The van der Waals surface area contributed by atoms with Gasteiger partial charge in [-0.25, -0.2) is 0 Å². The Morgan fingerprint density at radius 3 is 2.41 bits per heavy atom. The summed E-state index contributed by atoms with van der Waals surface area (Å²) >= 11 is 0. The molecular weight excluding hydrogens is 276 g/mol. The van der Waals surface area contributed by atoms with Crippen molar-refractivity contribution in [1.29, 1.82) is 0 Å². The third-order valence-electron chi connectivity index (χ3n) is 3.23. The molecular formula is C19H18O3. The molecule has 0 radical (unpaired) electrons. The van der Waals surface area contributed by atoms with E-state index in [1.54, 1.807) is 6.92 Å². The first-order chi connectivity index (χ1) is 10.7. The van der Waals surface area contributed by atoms with Crippen LogP contribution in [0.2, 0.25) is 0 Å². The zero-order chi connectivity index (χ0) is 15.8. The second kappa shape index (κ2) is 7.90. The molecule has 3 heteroatoms. The summed E-state index contributed by atoms with van der Waals surface area (Å²) in [4.78, 5) is 10.9. The number of carbonyl (C=O) groups is 1. The summed E-state index contributed by atoms with van der Waals surface area (Å²) in [6.07, 6.45) is 0.00502. The number of carboxylic acids is 1. The van der Waals surface area contributed by atoms with Gasteiger partial charge >= 0.3 is 5.97 Å². The van der Waals surface area contributed by atoms with Crippen molar-refractivity contribution < 1.29 is 14.6 Å². The zero-order valence-electron chi connectivity index (χ0n) is 12.5. The maximum Gasteiger partial charge on any atom is 0.304 e. The number of aliphatic carboxylic acids is 1. The number of benzene rings is 2. The molecule has 0 amide bonds. The number of carboxylic acid groups (broad SMARTS) is 1. The Bertz CT molecular complexity index is 663. The number of hydrogen-bond acceptors (Lipinski definition) is 2. The Labute approximate surface area is 130 Å². The molecule has 0 aromatic heterocycles. The summed E-state index contributed by atoms with van der Waals surface area (Å²) in [5, 5.41) is 8.94. The molecule has 0 saturated carbocycles. The van der Waals surface area contributed by atoms with E-state index in [1.807, 2.05) is 54.6 Å². The predicted molar refractivity (Wildman–Crippen MR) is 85.7 cm³/mol. The number of rotatable bonds is 6. The fourth-order valence-electron chi connectivity index (χ4n) is 2.14. The van der Waals surface area contributed by atoms with Crippen LogP contribution in [-0.4, -0.2) is 11.1 Å². The van der Waals surface area contributed by atoms with Crippen LogP contribution in [0.4, 0.5) is 0 Å². The number of hydrogen-bond donors (Lipinski definition) is 1. The molecule has 0 fully saturated rings. The van der Waals surface area contributed by atoms with Gasteiger partial charge in [-0.15, -0.1) is 5.92 Å². The first-order valence-electron chi connectivity index (χ1n) is 7.10. The summed E-state index contributed by atoms with van der Waals surface area (Å²) in [6.45, 7) is 2.22. The highest BCUT2D eigenvalue weighted by Crippen LogP contribution is 2.22. The summed E-state index contributed by atoms with van der Waals surface area (Å²) in [5.41, 5.74) is 2.00. The van der Waals surface area contributed by atoms with Crippen molar-refractivity contribution in [3.63, 3.8) is 0 Å². The van der Waals surface area contributed by atoms with Gasteiger partial charge in [-0.2, -0.15) is 0 Å². The van der Waals surface area contributed by atoms with Crippen LogP contribution in [0.1, 0.15) is 30.4 Å². The van der Waals surface area contributed by atoms with Gasteiger partial charge in [0.15, 0.2) is 0 Å². The highest BCUT2D eigenvalue weighted by molar-refractivity contribution is 5.69. The third-order valence-corrected chi connectivity index (χ3v) is 3.23. The predicted octanol–water partition coefficient (Wildman–Crippen LogP) is 3.85. The van der Waals surface area contributed by atoms with E-state index in [0.717, 1.165) is 16.9 Å². The second-order valence-electron chi connectivity index (χ2n) is 4.89. The van der Waals surface area contributed by atoms with Crippen molar-refractivity contribution in [3.05, 3.63) is 65.7 Å². The fraction of sp³-hybridized carbons (Fsp3) is 0.211. The van der Waals surface area contributed by atoms with Crippen LogP contribution in [0.15, 0.2) is 54.6 Å². The lowest BCUT2D eigenvalue weighted by atomic mass is 9.96. The molecule has 0 saturated heterocycles. The topological polar surface area (TPSA) is 46.5 Å². The maximum absolute atomic E-state index is 10.9. The van der Waals surface area contributed by atoms with Crippen molar-refractivity contribution in [2.45, 2.75) is 25.9 Å². The standard InChI is InChI=1S/C19H18O3/c1-2-6-17(13-19(20)21)16-9-11-18(12-10-16)22-14-15-7-4-3-5-8-15/h3-5,7-12,17H,13-14H2,1H3,(H,20,21)/t17-/m1/s1. The molecule has 2 rings (SSSR count). The quantitative estimate of drug-likeness (QED) is 0.823. The van der Waals surface area contributed by atoms with Crippen molar-refractivity contribution in [1.82, 2.24) is 0 Å². The fourth-order valence-corrected chi connectivity index (χ4v) is 2.14. The monoisotopic (exact) mass is 294 g/mol. The van der Waals surface area contributed by atoms with Crippen LogP contribution < -0.4 is 4.74 Å². The average molecular weight is 294 g/mol. The lowest BCUT2D eigenvalue weighted by Gasteiger charge is -2.10. The first-order valence-corrected chi connectivity index (χ1v) is 7.10. The van der Waals surface area contributed by atoms with Crippen molar-refractivity contribution in [2.24, 2.45) is 0 Å². The van der Waals surface area contributed by atoms with E-state index in [4.69, 9.17) is 9.84 Å². The molecule has 0 unspecified atom stereocenters. The van der Waals surface area contributed by atoms with E-state index in [0.29, 0.717) is 6.61 Å². The maximum atomic E-state index is 10.9. The molecule has 0 aliphatic carbocycles. The van der Waals surface area contributed by atoms with Gasteiger partial charge in [0.1, 0.15) is 12.4 Å². The summed E-state index contributed by atoms with van der Waals surface area (Å²) in [6, 6.07) is 17.4. The molecule has 2 aromatic rings. The largest absolute Gasteiger partial charge is 0.489 e. The van der Waals surface area contributed by atoms with E-state index in [1.165, 1.54) is 0 Å². The van der Waals surface area contributed by atoms with Gasteiger partial charge in [0.25, 0.3) is 0 Å². The smallest absolute Gasteiger partial charge is 0.304 e. The Morgan fingerprint density at radius 2 is 1.82 bits per heavy atom. The Balaban J connectivity index is 2.02. The lowest BCUT2D eigenvalue weighted by Crippen LogP contribution is -2.04. The van der Waals surface area contributed by atoms with Crippen LogP contribution in [-0.2, 0) is 11.4 Å². The Kier molecular flexibility index (Phi) is 5.62. The van der Waals surface area contributed by atoms with Crippen LogP contribution in [0, 0.1) is 11.8 Å². The molecule has 0 spiro atoms. The molecule has 1 atom stereocenters. The van der Waals surface area contributed by atoms with E-state index < -0.39 is 5.97 Å². The minimum atomic E-state index is -0.850. The minimum Gasteiger partial charge on any atom is -0.489 e. The lowest BCUT2D eigenvalue weighted by molar-refractivity contribution is -0.137. The van der Waals surface area contributed by atoms with Gasteiger partial charge < -0.3 is 9.84 Å². The highest BCUT2D eigenvalue weighted by atomic mass is 16.5. The van der Waals surface area contributed by atoms with Gasteiger partial charge in [0.05, 0.1) is 12.3 Å². The van der Waals surface area contributed by atoms with E-state index in [2.05, 4.69) is 11.8 Å².